The maximum absolute atomic E-state index is 8.80. The van der Waals surface area contributed by atoms with Gasteiger partial charge in [-0.25, -0.2) is 9.67 Å². The second-order valence-corrected chi connectivity index (χ2v) is 3.44. The zero-order valence-electron chi connectivity index (χ0n) is 8.05. The molecule has 0 saturated carbocycles. The van der Waals surface area contributed by atoms with Gasteiger partial charge in [-0.05, 0) is 6.92 Å². The summed E-state index contributed by atoms with van der Waals surface area (Å²) >= 11 is 5.87. The van der Waals surface area contributed by atoms with Crippen molar-refractivity contribution >= 4 is 11.6 Å². The van der Waals surface area contributed by atoms with E-state index >= 15 is 0 Å². The van der Waals surface area contributed by atoms with Crippen LogP contribution in [0, 0.1) is 6.92 Å². The molecule has 0 aliphatic carbocycles. The highest BCUT2D eigenvalue weighted by Crippen LogP contribution is 2.14. The quantitative estimate of drug-likeness (QED) is 0.830. The minimum absolute atomic E-state index is 0.119. The molecule has 15 heavy (non-hydrogen) atoms. The molecule has 0 aromatic carbocycles. The lowest BCUT2D eigenvalue weighted by molar-refractivity contribution is 0.276. The average Bonchev–Trinajstić information content (AvgIpc) is 2.59. The summed E-state index contributed by atoms with van der Waals surface area (Å²) in [6.07, 6.45) is 4.70. The van der Waals surface area contributed by atoms with Crippen molar-refractivity contribution in [2.24, 2.45) is 0 Å². The minimum atomic E-state index is -0.119. The lowest BCUT2D eigenvalue weighted by Gasteiger charge is -1.99. The second kappa shape index (κ2) is 3.96. The van der Waals surface area contributed by atoms with Gasteiger partial charge in [-0.1, -0.05) is 11.6 Å². The van der Waals surface area contributed by atoms with Gasteiger partial charge in [0.1, 0.15) is 0 Å². The van der Waals surface area contributed by atoms with Gasteiger partial charge in [-0.15, -0.1) is 0 Å². The van der Waals surface area contributed by atoms with Gasteiger partial charge in [0, 0.05) is 0 Å². The molecule has 2 heterocycles. The summed E-state index contributed by atoms with van der Waals surface area (Å²) in [6, 6.07) is 0. The van der Waals surface area contributed by atoms with Crippen LogP contribution in [0.3, 0.4) is 0 Å². The van der Waals surface area contributed by atoms with E-state index in [1.165, 1.54) is 12.4 Å². The van der Waals surface area contributed by atoms with Gasteiger partial charge in [-0.2, -0.15) is 5.10 Å². The van der Waals surface area contributed by atoms with Crippen molar-refractivity contribution < 1.29 is 5.11 Å². The topological polar surface area (TPSA) is 63.8 Å². The van der Waals surface area contributed by atoms with Crippen LogP contribution >= 0.6 is 11.6 Å². The Hall–Kier alpha value is -1.46. The predicted molar refractivity (Wildman–Crippen MR) is 54.8 cm³/mol. The Morgan fingerprint density at radius 2 is 2.20 bits per heavy atom. The predicted octanol–water partition coefficient (Wildman–Crippen LogP) is 1.12. The van der Waals surface area contributed by atoms with Crippen molar-refractivity contribution in [3.05, 3.63) is 35.0 Å². The monoisotopic (exact) mass is 224 g/mol. The van der Waals surface area contributed by atoms with E-state index in [2.05, 4.69) is 15.1 Å². The molecule has 0 atom stereocenters. The van der Waals surface area contributed by atoms with E-state index in [1.807, 2.05) is 6.92 Å². The first kappa shape index (κ1) is 10.1. The van der Waals surface area contributed by atoms with E-state index in [1.54, 1.807) is 10.9 Å². The molecule has 6 heteroatoms. The van der Waals surface area contributed by atoms with Crippen LogP contribution in [-0.4, -0.2) is 24.9 Å². The largest absolute Gasteiger partial charge is 0.390 e. The normalized spacial score (nSPS) is 10.6. The Morgan fingerprint density at radius 3 is 2.67 bits per heavy atom. The number of aryl methyl sites for hydroxylation is 1. The second-order valence-electron chi connectivity index (χ2n) is 3.03. The van der Waals surface area contributed by atoms with Crippen LogP contribution in [0.5, 0.6) is 0 Å². The lowest BCUT2D eigenvalue weighted by Crippen LogP contribution is -2.01. The summed E-state index contributed by atoms with van der Waals surface area (Å²) < 4.78 is 1.55. The smallest absolute Gasteiger partial charge is 0.171 e. The molecule has 0 fully saturated rings. The maximum Gasteiger partial charge on any atom is 0.171 e. The summed E-state index contributed by atoms with van der Waals surface area (Å²) in [5.74, 6) is 0.571. The third kappa shape index (κ3) is 1.98. The van der Waals surface area contributed by atoms with E-state index in [-0.39, 0.29) is 6.61 Å². The molecule has 0 aliphatic heterocycles. The fourth-order valence-electron chi connectivity index (χ4n) is 1.10. The molecule has 2 rings (SSSR count). The third-order valence-corrected chi connectivity index (χ3v) is 2.30. The summed E-state index contributed by atoms with van der Waals surface area (Å²) in [5.41, 5.74) is 1.26. The fourth-order valence-corrected chi connectivity index (χ4v) is 1.23. The van der Waals surface area contributed by atoms with Crippen LogP contribution < -0.4 is 0 Å². The number of hydrogen-bond donors (Lipinski definition) is 1. The third-order valence-electron chi connectivity index (χ3n) is 1.93. The highest BCUT2D eigenvalue weighted by atomic mass is 35.5. The molecule has 0 amide bonds. The maximum atomic E-state index is 8.80. The zero-order valence-corrected chi connectivity index (χ0v) is 8.81. The van der Waals surface area contributed by atoms with Crippen LogP contribution in [0.25, 0.3) is 5.82 Å². The summed E-state index contributed by atoms with van der Waals surface area (Å²) in [4.78, 5) is 8.09. The van der Waals surface area contributed by atoms with Gasteiger partial charge in [0.15, 0.2) is 5.82 Å². The summed E-state index contributed by atoms with van der Waals surface area (Å²) in [6.45, 7) is 1.69. The molecule has 0 radical (unpaired) electrons. The highest BCUT2D eigenvalue weighted by molar-refractivity contribution is 6.31. The van der Waals surface area contributed by atoms with Gasteiger partial charge < -0.3 is 5.11 Å². The van der Waals surface area contributed by atoms with Crippen molar-refractivity contribution in [1.29, 1.82) is 0 Å². The Kier molecular flexibility index (Phi) is 2.66. The number of aliphatic hydroxyl groups is 1. The molecular weight excluding hydrogens is 216 g/mol. The van der Waals surface area contributed by atoms with Gasteiger partial charge in [-0.3, -0.25) is 4.98 Å². The van der Waals surface area contributed by atoms with Crippen molar-refractivity contribution in [1.82, 2.24) is 19.7 Å². The first-order valence-corrected chi connectivity index (χ1v) is 4.72. The van der Waals surface area contributed by atoms with E-state index in [4.69, 9.17) is 16.7 Å². The molecule has 1 N–H and O–H groups in total. The van der Waals surface area contributed by atoms with Crippen LogP contribution in [0.2, 0.25) is 5.02 Å². The first-order chi connectivity index (χ1) is 7.20. The van der Waals surface area contributed by atoms with E-state index < -0.39 is 0 Å². The van der Waals surface area contributed by atoms with E-state index in [0.717, 1.165) is 5.69 Å². The van der Waals surface area contributed by atoms with E-state index in [9.17, 15) is 0 Å². The number of halogens is 1. The highest BCUT2D eigenvalue weighted by Gasteiger charge is 2.05. The Balaban J connectivity index is 2.37. The summed E-state index contributed by atoms with van der Waals surface area (Å²) in [7, 11) is 0. The minimum Gasteiger partial charge on any atom is -0.390 e. The van der Waals surface area contributed by atoms with Crippen LogP contribution in [0.4, 0.5) is 0 Å². The van der Waals surface area contributed by atoms with Crippen LogP contribution in [-0.2, 0) is 6.61 Å². The fraction of sp³-hybridized carbons (Fsp3) is 0.222. The molecule has 0 aliphatic rings. The van der Waals surface area contributed by atoms with Crippen molar-refractivity contribution in [2.45, 2.75) is 13.5 Å². The summed E-state index contributed by atoms with van der Waals surface area (Å²) in [5, 5.41) is 13.5. The van der Waals surface area contributed by atoms with E-state index in [0.29, 0.717) is 16.5 Å². The van der Waals surface area contributed by atoms with Crippen LogP contribution in [0.15, 0.2) is 18.6 Å². The number of nitrogens with zero attached hydrogens (tertiary/aromatic N) is 4. The molecule has 0 bridgehead atoms. The molecule has 0 saturated heterocycles. The SMILES string of the molecule is Cc1nn(-c2cnc(CO)cn2)cc1Cl. The Bertz CT molecular complexity index is 446. The first-order valence-electron chi connectivity index (χ1n) is 4.34. The number of aliphatic hydroxyl groups excluding tert-OH is 1. The molecule has 0 spiro atoms. The molecule has 2 aromatic rings. The molecule has 5 nitrogen and oxygen atoms in total. The van der Waals surface area contributed by atoms with Gasteiger partial charge in [0.2, 0.25) is 0 Å². The molecule has 78 valence electrons. The molecular formula is C9H9ClN4O. The number of hydrogen-bond acceptors (Lipinski definition) is 4. The Labute approximate surface area is 91.4 Å². The molecule has 0 unspecified atom stereocenters. The Morgan fingerprint density at radius 1 is 1.40 bits per heavy atom. The van der Waals surface area contributed by atoms with Crippen LogP contribution in [0.1, 0.15) is 11.4 Å². The van der Waals surface area contributed by atoms with Gasteiger partial charge in [0.25, 0.3) is 0 Å². The van der Waals surface area contributed by atoms with Crippen molar-refractivity contribution in [3.8, 4) is 5.82 Å². The van der Waals surface area contributed by atoms with Gasteiger partial charge >= 0.3 is 0 Å². The standard InChI is InChI=1S/C9H9ClN4O/c1-6-8(10)4-14(13-6)9-3-11-7(5-15)2-12-9/h2-4,15H,5H2,1H3. The van der Waals surface area contributed by atoms with Crippen molar-refractivity contribution in [2.75, 3.05) is 0 Å². The van der Waals surface area contributed by atoms with Crippen molar-refractivity contribution in [3.63, 3.8) is 0 Å². The number of rotatable bonds is 2. The molecule has 2 aromatic heterocycles. The zero-order chi connectivity index (χ0) is 10.8. The average molecular weight is 225 g/mol. The van der Waals surface area contributed by atoms with Gasteiger partial charge in [0.05, 0.1) is 41.6 Å². The lowest BCUT2D eigenvalue weighted by atomic mass is 10.5. The number of aromatic nitrogens is 4.